The first-order chi connectivity index (χ1) is 13.9. The van der Waals surface area contributed by atoms with Crippen molar-refractivity contribution in [2.24, 2.45) is 0 Å². The molecule has 21 heteroatoms. The topological polar surface area (TPSA) is 316 Å². The van der Waals surface area contributed by atoms with E-state index in [0.29, 0.717) is 17.1 Å². The summed E-state index contributed by atoms with van der Waals surface area (Å²) in [5.74, 6) is -1.57. The van der Waals surface area contributed by atoms with Crippen molar-refractivity contribution in [1.29, 1.82) is 0 Å². The Kier molecular flexibility index (Phi) is 17.4. The maximum atomic E-state index is 12.6. The van der Waals surface area contributed by atoms with E-state index in [9.17, 15) is 19.5 Å². The van der Waals surface area contributed by atoms with Gasteiger partial charge in [0.1, 0.15) is 29.3 Å². The second-order valence-electron chi connectivity index (χ2n) is 6.08. The zero-order chi connectivity index (χ0) is 20.5. The fourth-order valence-electron chi connectivity index (χ4n) is 2.89. The molecule has 17 nitrogen and oxygen atoms in total. The second-order valence-corrected chi connectivity index (χ2v) is 9.59. The van der Waals surface area contributed by atoms with Gasteiger partial charge in [0.05, 0.1) is 11.7 Å². The van der Waals surface area contributed by atoms with E-state index in [1.54, 1.807) is 0 Å². The normalized spacial score (nSPS) is 17.4. The number of rotatable bonds is 7. The van der Waals surface area contributed by atoms with Gasteiger partial charge in [0.15, 0.2) is 4.34 Å². The standard InChI is InChI=1S/C14H14N8O4S3.Na.5H2O/c1-6-17-18-14(29-6)28-4-7-3-27-12-9(11(24)22(12)10(7)13(25)26)16-8(23)2-21-5-15-19-20-21;;;;;;/h5,9,12H,2-4H2,1H3,(H,16,23)(H,25,26);;5*1H2/q;+1;;;;;/p-1. The average Bonchev–Trinajstić information content (AvgIpc) is 3.35. The number of thioether (sulfide) groups is 2. The van der Waals surface area contributed by atoms with Gasteiger partial charge < -0.3 is 42.6 Å². The van der Waals surface area contributed by atoms with Crippen LogP contribution in [0.1, 0.15) is 5.01 Å². The second kappa shape index (κ2) is 16.1. The van der Waals surface area contributed by atoms with Crippen LogP contribution in [0.3, 0.4) is 0 Å². The fraction of sp³-hybridized carbons (Fsp3) is 0.429. The number of β-lactam (4-membered cyclic amide) rings is 1. The van der Waals surface area contributed by atoms with Gasteiger partial charge in [-0.2, -0.15) is 0 Å². The summed E-state index contributed by atoms with van der Waals surface area (Å²) in [6, 6.07) is -0.807. The van der Waals surface area contributed by atoms with E-state index >= 15 is 0 Å². The molecule has 2 aromatic rings. The molecule has 35 heavy (non-hydrogen) atoms. The van der Waals surface area contributed by atoms with Crippen LogP contribution in [-0.2, 0) is 20.9 Å². The number of fused-ring (bicyclic) bond motifs is 1. The van der Waals surface area contributed by atoms with E-state index in [1.165, 1.54) is 50.8 Å². The van der Waals surface area contributed by atoms with Crippen molar-refractivity contribution in [3.05, 3.63) is 22.6 Å². The molecule has 0 radical (unpaired) electrons. The molecule has 2 aromatic heterocycles. The van der Waals surface area contributed by atoms with Gasteiger partial charge in [-0.1, -0.05) is 23.1 Å². The molecule has 2 amide bonds. The van der Waals surface area contributed by atoms with Crippen LogP contribution in [0.4, 0.5) is 0 Å². The summed E-state index contributed by atoms with van der Waals surface area (Å²) in [4.78, 5) is 37.6. The average molecular weight is 567 g/mol. The minimum Gasteiger partial charge on any atom is -0.543 e. The quantitative estimate of drug-likeness (QED) is 0.186. The number of carbonyl (C=O) groups excluding carboxylic acids is 3. The number of carboxylic acids is 1. The minimum atomic E-state index is -1.41. The number of amides is 2. The predicted molar refractivity (Wildman–Crippen MR) is 118 cm³/mol. The van der Waals surface area contributed by atoms with E-state index in [2.05, 4.69) is 31.0 Å². The van der Waals surface area contributed by atoms with Gasteiger partial charge in [0, 0.05) is 11.5 Å². The van der Waals surface area contributed by atoms with Crippen LogP contribution in [0.15, 0.2) is 21.9 Å². The number of hydrogen-bond donors (Lipinski definition) is 1. The molecule has 0 aliphatic carbocycles. The number of aromatic nitrogens is 6. The molecule has 1 saturated heterocycles. The van der Waals surface area contributed by atoms with Crippen LogP contribution in [0.2, 0.25) is 0 Å². The molecule has 192 valence electrons. The molecule has 2 atom stereocenters. The van der Waals surface area contributed by atoms with Gasteiger partial charge in [-0.15, -0.1) is 27.1 Å². The van der Waals surface area contributed by atoms with Gasteiger partial charge in [0.2, 0.25) is 5.91 Å². The van der Waals surface area contributed by atoms with Crippen molar-refractivity contribution in [3.63, 3.8) is 0 Å². The van der Waals surface area contributed by atoms with Crippen molar-refractivity contribution in [1.82, 2.24) is 40.6 Å². The van der Waals surface area contributed by atoms with E-state index < -0.39 is 29.2 Å². The van der Waals surface area contributed by atoms with E-state index in [1.807, 2.05) is 6.92 Å². The Morgan fingerprint density at radius 3 is 2.46 bits per heavy atom. The molecule has 2 unspecified atom stereocenters. The van der Waals surface area contributed by atoms with E-state index in [4.69, 9.17) is 0 Å². The summed E-state index contributed by atoms with van der Waals surface area (Å²) >= 11 is 4.17. The third-order valence-electron chi connectivity index (χ3n) is 4.13. The molecule has 0 saturated carbocycles. The zero-order valence-corrected chi connectivity index (χ0v) is 22.8. The number of hydrogen-bond acceptors (Lipinski definition) is 12. The minimum absolute atomic E-state index is 0. The summed E-state index contributed by atoms with van der Waals surface area (Å²) in [6.07, 6.45) is 1.28. The summed E-state index contributed by atoms with van der Waals surface area (Å²) < 4.78 is 1.95. The van der Waals surface area contributed by atoms with Crippen molar-refractivity contribution >= 4 is 52.6 Å². The molecule has 11 N–H and O–H groups in total. The Morgan fingerprint density at radius 2 is 1.91 bits per heavy atom. The van der Waals surface area contributed by atoms with Crippen molar-refractivity contribution < 1.29 is 76.4 Å². The zero-order valence-electron chi connectivity index (χ0n) is 18.3. The Bertz CT molecular complexity index is 1010. The molecule has 1 fully saturated rings. The van der Waals surface area contributed by atoms with Gasteiger partial charge >= 0.3 is 29.6 Å². The Hall–Kier alpha value is -1.72. The van der Waals surface area contributed by atoms with Gasteiger partial charge in [-0.05, 0) is 22.9 Å². The van der Waals surface area contributed by atoms with Crippen molar-refractivity contribution in [2.75, 3.05) is 11.5 Å². The Labute approximate surface area is 231 Å². The predicted octanol–water partition coefficient (Wildman–Crippen LogP) is -9.09. The van der Waals surface area contributed by atoms with Crippen LogP contribution < -0.4 is 40.0 Å². The maximum Gasteiger partial charge on any atom is 1.00 e. The molecular weight excluding hydrogens is 543 g/mol. The first-order valence-corrected chi connectivity index (χ1v) is 11.1. The summed E-state index contributed by atoms with van der Waals surface area (Å²) in [6.45, 7) is 1.70. The Morgan fingerprint density at radius 1 is 1.23 bits per heavy atom. The van der Waals surface area contributed by atoms with Gasteiger partial charge in [-0.25, -0.2) is 4.68 Å². The number of tetrazole rings is 1. The van der Waals surface area contributed by atoms with Crippen molar-refractivity contribution in [3.8, 4) is 0 Å². The molecular formula is C14H23N8NaO9S3. The number of aryl methyl sites for hydroxylation is 1. The van der Waals surface area contributed by atoms with Crippen LogP contribution >= 0.6 is 34.9 Å². The summed E-state index contributed by atoms with van der Waals surface area (Å²) in [5, 5.41) is 33.1. The fourth-order valence-corrected chi connectivity index (χ4v) is 6.19. The summed E-state index contributed by atoms with van der Waals surface area (Å²) in [5.41, 5.74) is 0.453. The van der Waals surface area contributed by atoms with Crippen LogP contribution in [0.25, 0.3) is 0 Å². The number of nitrogens with one attached hydrogen (secondary N) is 1. The number of carbonyl (C=O) groups is 3. The molecule has 4 rings (SSSR count). The first-order valence-electron chi connectivity index (χ1n) is 8.25. The van der Waals surface area contributed by atoms with Gasteiger partial charge in [-0.3, -0.25) is 14.5 Å². The molecule has 2 aliphatic heterocycles. The monoisotopic (exact) mass is 566 g/mol. The molecule has 0 spiro atoms. The van der Waals surface area contributed by atoms with Crippen molar-refractivity contribution in [2.45, 2.75) is 29.2 Å². The summed E-state index contributed by atoms with van der Waals surface area (Å²) in [7, 11) is 0. The van der Waals surface area contributed by atoms with E-state index in [0.717, 1.165) is 9.35 Å². The van der Waals surface area contributed by atoms with E-state index in [-0.39, 0.29) is 69.2 Å². The third-order valence-corrected chi connectivity index (χ3v) is 7.53. The molecule has 2 aliphatic rings. The third kappa shape index (κ3) is 8.15. The largest absolute Gasteiger partial charge is 1.00 e. The maximum absolute atomic E-state index is 12.6. The van der Waals surface area contributed by atoms with Crippen LogP contribution in [-0.4, -0.2) is 103 Å². The number of aliphatic carboxylic acids is 1. The molecule has 0 aromatic carbocycles. The Balaban J connectivity index is -0.00000171. The molecule has 0 bridgehead atoms. The van der Waals surface area contributed by atoms with Crippen LogP contribution in [0, 0.1) is 6.92 Å². The molecule has 4 heterocycles. The number of nitrogens with zero attached hydrogens (tertiary/aromatic N) is 7. The smallest absolute Gasteiger partial charge is 0.543 e. The first kappa shape index (κ1) is 37.8. The number of carboxylic acid groups (broad SMARTS) is 1. The van der Waals surface area contributed by atoms with Crippen LogP contribution in [0.5, 0.6) is 0 Å². The van der Waals surface area contributed by atoms with Gasteiger partial charge in [0.25, 0.3) is 5.91 Å². The SMILES string of the molecule is Cc1nnc(SCC2=C(C(=O)[O-])N3C(=O)C(NC(=O)Cn4cnnn4)C3SC2)s1.O.O.O.O.O.[Na+].